The molecule has 0 radical (unpaired) electrons. The number of fused-ring (bicyclic) bond motifs is 2. The van der Waals surface area contributed by atoms with Crippen LogP contribution in [0.15, 0.2) is 36.4 Å². The lowest BCUT2D eigenvalue weighted by Crippen LogP contribution is -2.44. The van der Waals surface area contributed by atoms with Gasteiger partial charge in [-0.3, -0.25) is 9.59 Å². The van der Waals surface area contributed by atoms with E-state index < -0.39 is 0 Å². The number of amides is 2. The molecular weight excluding hydrogens is 356 g/mol. The molecule has 146 valence electrons. The van der Waals surface area contributed by atoms with Gasteiger partial charge < -0.3 is 19.3 Å². The average molecular weight is 380 g/mol. The summed E-state index contributed by atoms with van der Waals surface area (Å²) in [5.74, 6) is 1.19. The Labute approximate surface area is 164 Å². The van der Waals surface area contributed by atoms with E-state index in [0.29, 0.717) is 42.3 Å². The van der Waals surface area contributed by atoms with Crippen molar-refractivity contribution in [1.29, 1.82) is 0 Å². The van der Waals surface area contributed by atoms with Gasteiger partial charge in [-0.15, -0.1) is 0 Å². The standard InChI is InChI=1S/C22H24N2O4/c1-14-6-4-7-16-20(14)24(22(26)17-8-5-11-23(17)21(16)25)13-15-9-10-18(27-2)19(12-15)28-3/h4,6-7,9-10,12,17H,5,8,11,13H2,1-3H3/t17-/m0/s1. The van der Waals surface area contributed by atoms with Gasteiger partial charge in [0.05, 0.1) is 32.0 Å². The number of anilines is 1. The summed E-state index contributed by atoms with van der Waals surface area (Å²) >= 11 is 0. The Morgan fingerprint density at radius 3 is 2.61 bits per heavy atom. The molecule has 0 aliphatic carbocycles. The topological polar surface area (TPSA) is 59.1 Å². The number of carbonyl (C=O) groups excluding carboxylic acids is 2. The van der Waals surface area contributed by atoms with Crippen molar-refractivity contribution < 1.29 is 19.1 Å². The van der Waals surface area contributed by atoms with Crippen LogP contribution in [0.4, 0.5) is 5.69 Å². The number of aryl methyl sites for hydroxylation is 1. The summed E-state index contributed by atoms with van der Waals surface area (Å²) < 4.78 is 10.7. The van der Waals surface area contributed by atoms with Crippen LogP contribution >= 0.6 is 0 Å². The number of methoxy groups -OCH3 is 2. The molecule has 4 rings (SSSR count). The average Bonchev–Trinajstić information content (AvgIpc) is 3.18. The lowest BCUT2D eigenvalue weighted by Gasteiger charge is -2.27. The predicted molar refractivity (Wildman–Crippen MR) is 106 cm³/mol. The minimum absolute atomic E-state index is 0.0197. The highest BCUT2D eigenvalue weighted by Gasteiger charge is 2.42. The zero-order valence-electron chi connectivity index (χ0n) is 16.4. The number of hydrogen-bond acceptors (Lipinski definition) is 4. The summed E-state index contributed by atoms with van der Waals surface area (Å²) in [7, 11) is 3.18. The molecule has 2 aliphatic rings. The van der Waals surface area contributed by atoms with Gasteiger partial charge in [0.2, 0.25) is 5.91 Å². The minimum Gasteiger partial charge on any atom is -0.493 e. The van der Waals surface area contributed by atoms with Crippen LogP contribution in [0.2, 0.25) is 0 Å². The maximum Gasteiger partial charge on any atom is 0.256 e. The number of hydrogen-bond donors (Lipinski definition) is 0. The molecule has 2 aromatic carbocycles. The summed E-state index contributed by atoms with van der Waals surface area (Å²) in [6.45, 7) is 2.94. The molecule has 6 nitrogen and oxygen atoms in total. The third kappa shape index (κ3) is 2.89. The molecule has 0 spiro atoms. The van der Waals surface area contributed by atoms with Crippen LogP contribution in [0, 0.1) is 6.92 Å². The number of carbonyl (C=O) groups is 2. The first-order valence-electron chi connectivity index (χ1n) is 9.48. The van der Waals surface area contributed by atoms with Gasteiger partial charge in [0.25, 0.3) is 5.91 Å². The maximum atomic E-state index is 13.4. The fraction of sp³-hybridized carbons (Fsp3) is 0.364. The Kier molecular flexibility index (Phi) is 4.71. The van der Waals surface area contributed by atoms with Crippen LogP contribution in [0.25, 0.3) is 0 Å². The number of para-hydroxylation sites is 1. The second-order valence-electron chi connectivity index (χ2n) is 7.24. The predicted octanol–water partition coefficient (Wildman–Crippen LogP) is 3.16. The van der Waals surface area contributed by atoms with Crippen molar-refractivity contribution in [2.45, 2.75) is 32.4 Å². The number of nitrogens with zero attached hydrogens (tertiary/aromatic N) is 2. The maximum absolute atomic E-state index is 13.4. The lowest BCUT2D eigenvalue weighted by molar-refractivity contribution is -0.122. The molecule has 2 aromatic rings. The molecular formula is C22H24N2O4. The van der Waals surface area contributed by atoms with Gasteiger partial charge in [-0.25, -0.2) is 0 Å². The molecule has 6 heteroatoms. The van der Waals surface area contributed by atoms with E-state index in [1.165, 1.54) is 0 Å². The Morgan fingerprint density at radius 1 is 1.07 bits per heavy atom. The Bertz CT molecular complexity index is 940. The monoisotopic (exact) mass is 380 g/mol. The third-order valence-electron chi connectivity index (χ3n) is 5.59. The van der Waals surface area contributed by atoms with E-state index in [0.717, 1.165) is 17.5 Å². The van der Waals surface area contributed by atoms with Crippen molar-refractivity contribution in [2.24, 2.45) is 0 Å². The smallest absolute Gasteiger partial charge is 0.256 e. The molecule has 0 N–H and O–H groups in total. The number of rotatable bonds is 4. The van der Waals surface area contributed by atoms with Crippen LogP contribution in [-0.4, -0.2) is 43.5 Å². The molecule has 1 atom stereocenters. The van der Waals surface area contributed by atoms with Crippen LogP contribution in [-0.2, 0) is 11.3 Å². The molecule has 2 amide bonds. The van der Waals surface area contributed by atoms with Crippen molar-refractivity contribution in [3.63, 3.8) is 0 Å². The van der Waals surface area contributed by atoms with Gasteiger partial charge in [-0.2, -0.15) is 0 Å². The van der Waals surface area contributed by atoms with E-state index in [2.05, 4.69) is 0 Å². The highest BCUT2D eigenvalue weighted by Crippen LogP contribution is 2.36. The summed E-state index contributed by atoms with van der Waals surface area (Å²) in [6.07, 6.45) is 1.56. The molecule has 28 heavy (non-hydrogen) atoms. The van der Waals surface area contributed by atoms with E-state index in [4.69, 9.17) is 9.47 Å². The summed E-state index contributed by atoms with van der Waals surface area (Å²) in [5.41, 5.74) is 3.14. The fourth-order valence-electron chi connectivity index (χ4n) is 4.22. The summed E-state index contributed by atoms with van der Waals surface area (Å²) in [4.78, 5) is 30.0. The van der Waals surface area contributed by atoms with Gasteiger partial charge in [-0.05, 0) is 49.1 Å². The molecule has 0 saturated carbocycles. The summed E-state index contributed by atoms with van der Waals surface area (Å²) in [5, 5.41) is 0. The van der Waals surface area contributed by atoms with E-state index in [9.17, 15) is 9.59 Å². The molecule has 0 bridgehead atoms. The molecule has 0 aromatic heterocycles. The van der Waals surface area contributed by atoms with Crippen LogP contribution < -0.4 is 14.4 Å². The first-order chi connectivity index (χ1) is 13.5. The van der Waals surface area contributed by atoms with Crippen molar-refractivity contribution in [2.75, 3.05) is 25.7 Å². The van der Waals surface area contributed by atoms with Gasteiger partial charge >= 0.3 is 0 Å². The van der Waals surface area contributed by atoms with E-state index in [-0.39, 0.29) is 17.9 Å². The van der Waals surface area contributed by atoms with Crippen LogP contribution in [0.1, 0.15) is 34.3 Å². The molecule has 1 fully saturated rings. The Balaban J connectivity index is 1.80. The molecule has 2 heterocycles. The van der Waals surface area contributed by atoms with Crippen molar-refractivity contribution in [1.82, 2.24) is 4.90 Å². The summed E-state index contributed by atoms with van der Waals surface area (Å²) in [6, 6.07) is 10.9. The van der Waals surface area contributed by atoms with Crippen molar-refractivity contribution in [3.8, 4) is 11.5 Å². The highest BCUT2D eigenvalue weighted by atomic mass is 16.5. The second-order valence-corrected chi connectivity index (χ2v) is 7.24. The zero-order chi connectivity index (χ0) is 19.8. The quantitative estimate of drug-likeness (QED) is 0.818. The van der Waals surface area contributed by atoms with Crippen molar-refractivity contribution >= 4 is 17.5 Å². The Morgan fingerprint density at radius 2 is 1.86 bits per heavy atom. The number of benzene rings is 2. The molecule has 1 saturated heterocycles. The SMILES string of the molecule is COc1ccc(CN2C(=O)[C@@H]3CCCN3C(=O)c3cccc(C)c32)cc1OC. The molecule has 2 aliphatic heterocycles. The third-order valence-corrected chi connectivity index (χ3v) is 5.59. The van der Waals surface area contributed by atoms with Gasteiger partial charge in [0.1, 0.15) is 6.04 Å². The Hall–Kier alpha value is -3.02. The van der Waals surface area contributed by atoms with Crippen LogP contribution in [0.3, 0.4) is 0 Å². The van der Waals surface area contributed by atoms with Crippen molar-refractivity contribution in [3.05, 3.63) is 53.1 Å². The zero-order valence-corrected chi connectivity index (χ0v) is 16.4. The van der Waals surface area contributed by atoms with Gasteiger partial charge in [0.15, 0.2) is 11.5 Å². The second kappa shape index (κ2) is 7.19. The van der Waals surface area contributed by atoms with Gasteiger partial charge in [-0.1, -0.05) is 18.2 Å². The van der Waals surface area contributed by atoms with E-state index >= 15 is 0 Å². The first-order valence-corrected chi connectivity index (χ1v) is 9.48. The van der Waals surface area contributed by atoms with Crippen LogP contribution in [0.5, 0.6) is 11.5 Å². The first kappa shape index (κ1) is 18.3. The lowest BCUT2D eigenvalue weighted by atomic mass is 10.0. The molecule has 0 unspecified atom stereocenters. The van der Waals surface area contributed by atoms with Gasteiger partial charge in [0, 0.05) is 6.54 Å². The number of ether oxygens (including phenoxy) is 2. The van der Waals surface area contributed by atoms with E-state index in [1.807, 2.05) is 43.3 Å². The fourth-order valence-corrected chi connectivity index (χ4v) is 4.22. The van der Waals surface area contributed by atoms with E-state index in [1.54, 1.807) is 24.0 Å². The largest absolute Gasteiger partial charge is 0.493 e. The normalized spacial score (nSPS) is 18.6. The minimum atomic E-state index is -0.389. The highest BCUT2D eigenvalue weighted by molar-refractivity contribution is 6.11.